The van der Waals surface area contributed by atoms with Crippen molar-refractivity contribution in [1.29, 1.82) is 0 Å². The molecule has 1 aromatic heterocycles. The first kappa shape index (κ1) is 11.2. The van der Waals surface area contributed by atoms with E-state index in [1.165, 1.54) is 25.7 Å². The van der Waals surface area contributed by atoms with E-state index in [-0.39, 0.29) is 0 Å². The van der Waals surface area contributed by atoms with E-state index in [9.17, 15) is 0 Å². The van der Waals surface area contributed by atoms with Gasteiger partial charge in [0.15, 0.2) is 0 Å². The second kappa shape index (κ2) is 5.19. The molecule has 1 aliphatic carbocycles. The molecular formula is C13H21N3. The molecule has 88 valence electrons. The summed E-state index contributed by atoms with van der Waals surface area (Å²) >= 11 is 0. The monoisotopic (exact) mass is 219 g/mol. The minimum atomic E-state index is 0.522. The highest BCUT2D eigenvalue weighted by molar-refractivity contribution is 5.28. The summed E-state index contributed by atoms with van der Waals surface area (Å²) in [7, 11) is 0. The molecule has 1 N–H and O–H groups in total. The summed E-state index contributed by atoms with van der Waals surface area (Å²) in [6, 6.07) is 0.522. The largest absolute Gasteiger partial charge is 0.353 e. The van der Waals surface area contributed by atoms with E-state index in [0.29, 0.717) is 6.04 Å². The maximum Gasteiger partial charge on any atom is 0.203 e. The normalized spacial score (nSPS) is 18.6. The van der Waals surface area contributed by atoms with Gasteiger partial charge in [-0.3, -0.25) is 0 Å². The predicted molar refractivity (Wildman–Crippen MR) is 67.5 cm³/mol. The molecule has 1 saturated carbocycles. The van der Waals surface area contributed by atoms with Gasteiger partial charge in [-0.25, -0.2) is 4.98 Å². The molecule has 2 rings (SSSR count). The number of allylic oxidation sites excluding steroid dienone is 1. The SMILES string of the molecule is C=CCn1ccnc1NC(C)C1CCCC1. The maximum absolute atomic E-state index is 4.35. The lowest BCUT2D eigenvalue weighted by molar-refractivity contribution is 0.478. The molecule has 0 spiro atoms. The van der Waals surface area contributed by atoms with Gasteiger partial charge < -0.3 is 9.88 Å². The van der Waals surface area contributed by atoms with Crippen LogP contribution in [0.5, 0.6) is 0 Å². The molecule has 0 bridgehead atoms. The number of imidazole rings is 1. The van der Waals surface area contributed by atoms with Gasteiger partial charge in [-0.2, -0.15) is 0 Å². The van der Waals surface area contributed by atoms with E-state index in [1.54, 1.807) is 0 Å². The molecule has 1 unspecified atom stereocenters. The second-order valence-electron chi connectivity index (χ2n) is 4.67. The van der Waals surface area contributed by atoms with E-state index >= 15 is 0 Å². The van der Waals surface area contributed by atoms with Crippen molar-refractivity contribution in [1.82, 2.24) is 9.55 Å². The third-order valence-electron chi connectivity index (χ3n) is 3.50. The maximum atomic E-state index is 4.35. The molecule has 1 fully saturated rings. The average molecular weight is 219 g/mol. The molecule has 0 saturated heterocycles. The lowest BCUT2D eigenvalue weighted by Crippen LogP contribution is -2.25. The molecule has 0 aliphatic heterocycles. The third kappa shape index (κ3) is 2.46. The van der Waals surface area contributed by atoms with Crippen LogP contribution in [-0.2, 0) is 6.54 Å². The van der Waals surface area contributed by atoms with E-state index in [0.717, 1.165) is 18.4 Å². The fraction of sp³-hybridized carbons (Fsp3) is 0.615. The lowest BCUT2D eigenvalue weighted by Gasteiger charge is -2.21. The van der Waals surface area contributed by atoms with Crippen LogP contribution >= 0.6 is 0 Å². The van der Waals surface area contributed by atoms with E-state index in [1.807, 2.05) is 18.5 Å². The Labute approximate surface area is 97.6 Å². The summed E-state index contributed by atoms with van der Waals surface area (Å²) < 4.78 is 2.10. The summed E-state index contributed by atoms with van der Waals surface area (Å²) in [4.78, 5) is 4.35. The molecule has 3 heteroatoms. The van der Waals surface area contributed by atoms with Gasteiger partial charge in [0.2, 0.25) is 5.95 Å². The molecular weight excluding hydrogens is 198 g/mol. The average Bonchev–Trinajstić information content (AvgIpc) is 2.90. The van der Waals surface area contributed by atoms with Crippen LogP contribution < -0.4 is 5.32 Å². The Morgan fingerprint density at radius 1 is 1.62 bits per heavy atom. The Morgan fingerprint density at radius 2 is 2.38 bits per heavy atom. The molecule has 0 aromatic carbocycles. The summed E-state index contributed by atoms with van der Waals surface area (Å²) in [5.74, 6) is 1.79. The number of hydrogen-bond donors (Lipinski definition) is 1. The zero-order valence-electron chi connectivity index (χ0n) is 10.0. The van der Waals surface area contributed by atoms with Gasteiger partial charge in [0.1, 0.15) is 0 Å². The first-order valence-electron chi connectivity index (χ1n) is 6.20. The number of nitrogens with one attached hydrogen (secondary N) is 1. The zero-order chi connectivity index (χ0) is 11.4. The van der Waals surface area contributed by atoms with Crippen LogP contribution in [0.2, 0.25) is 0 Å². The summed E-state index contributed by atoms with van der Waals surface area (Å²) in [5, 5.41) is 3.52. The highest BCUT2D eigenvalue weighted by Crippen LogP contribution is 2.28. The van der Waals surface area contributed by atoms with Crippen molar-refractivity contribution in [2.75, 3.05) is 5.32 Å². The van der Waals surface area contributed by atoms with E-state index in [2.05, 4.69) is 28.4 Å². The van der Waals surface area contributed by atoms with Crippen LogP contribution in [0, 0.1) is 5.92 Å². The first-order chi connectivity index (χ1) is 7.81. The Balaban J connectivity index is 1.96. The fourth-order valence-electron chi connectivity index (χ4n) is 2.51. The lowest BCUT2D eigenvalue weighted by atomic mass is 10.0. The zero-order valence-corrected chi connectivity index (χ0v) is 10.0. The van der Waals surface area contributed by atoms with Crippen LogP contribution in [0.4, 0.5) is 5.95 Å². The van der Waals surface area contributed by atoms with Gasteiger partial charge in [0.05, 0.1) is 0 Å². The van der Waals surface area contributed by atoms with Crippen LogP contribution in [-0.4, -0.2) is 15.6 Å². The van der Waals surface area contributed by atoms with Gasteiger partial charge in [0, 0.05) is 25.0 Å². The first-order valence-corrected chi connectivity index (χ1v) is 6.20. The molecule has 1 heterocycles. The Bertz CT molecular complexity index is 337. The summed E-state index contributed by atoms with van der Waals surface area (Å²) in [6.45, 7) is 6.84. The van der Waals surface area contributed by atoms with Crippen LogP contribution in [0.25, 0.3) is 0 Å². The Hall–Kier alpha value is -1.25. The predicted octanol–water partition coefficient (Wildman–Crippen LogP) is 3.06. The standard InChI is InChI=1S/C13H21N3/c1-3-9-16-10-8-14-13(16)15-11(2)12-6-4-5-7-12/h3,8,10-12H,1,4-7,9H2,2H3,(H,14,15). The van der Waals surface area contributed by atoms with Crippen LogP contribution in [0.15, 0.2) is 25.0 Å². The minimum absolute atomic E-state index is 0.522. The Kier molecular flexibility index (Phi) is 3.65. The number of nitrogens with zero attached hydrogens (tertiary/aromatic N) is 2. The number of hydrogen-bond acceptors (Lipinski definition) is 2. The fourth-order valence-corrected chi connectivity index (χ4v) is 2.51. The molecule has 3 nitrogen and oxygen atoms in total. The van der Waals surface area contributed by atoms with Gasteiger partial charge in [0.25, 0.3) is 0 Å². The van der Waals surface area contributed by atoms with Crippen molar-refractivity contribution in [2.24, 2.45) is 5.92 Å². The van der Waals surface area contributed by atoms with E-state index in [4.69, 9.17) is 0 Å². The minimum Gasteiger partial charge on any atom is -0.353 e. The molecule has 0 amide bonds. The molecule has 1 aromatic rings. The second-order valence-corrected chi connectivity index (χ2v) is 4.67. The van der Waals surface area contributed by atoms with Crippen molar-refractivity contribution in [3.8, 4) is 0 Å². The number of anilines is 1. The summed E-state index contributed by atoms with van der Waals surface area (Å²) in [6.07, 6.45) is 11.2. The quantitative estimate of drug-likeness (QED) is 0.771. The number of rotatable bonds is 5. The van der Waals surface area contributed by atoms with Crippen LogP contribution in [0.1, 0.15) is 32.6 Å². The van der Waals surface area contributed by atoms with Crippen LogP contribution in [0.3, 0.4) is 0 Å². The highest BCUT2D eigenvalue weighted by Gasteiger charge is 2.22. The van der Waals surface area contributed by atoms with Gasteiger partial charge in [-0.1, -0.05) is 18.9 Å². The summed E-state index contributed by atoms with van der Waals surface area (Å²) in [5.41, 5.74) is 0. The molecule has 1 atom stereocenters. The number of aromatic nitrogens is 2. The highest BCUT2D eigenvalue weighted by atomic mass is 15.2. The molecule has 16 heavy (non-hydrogen) atoms. The van der Waals surface area contributed by atoms with Gasteiger partial charge in [-0.05, 0) is 25.7 Å². The van der Waals surface area contributed by atoms with Gasteiger partial charge >= 0.3 is 0 Å². The topological polar surface area (TPSA) is 29.9 Å². The van der Waals surface area contributed by atoms with Crippen molar-refractivity contribution >= 4 is 5.95 Å². The molecule has 0 radical (unpaired) electrons. The third-order valence-corrected chi connectivity index (χ3v) is 3.50. The molecule has 1 aliphatic rings. The van der Waals surface area contributed by atoms with Crippen molar-refractivity contribution in [3.63, 3.8) is 0 Å². The van der Waals surface area contributed by atoms with E-state index < -0.39 is 0 Å². The van der Waals surface area contributed by atoms with Crippen molar-refractivity contribution in [2.45, 2.75) is 45.2 Å². The van der Waals surface area contributed by atoms with Crippen molar-refractivity contribution in [3.05, 3.63) is 25.0 Å². The Morgan fingerprint density at radius 3 is 3.06 bits per heavy atom. The van der Waals surface area contributed by atoms with Gasteiger partial charge in [-0.15, -0.1) is 6.58 Å². The van der Waals surface area contributed by atoms with Crippen molar-refractivity contribution < 1.29 is 0 Å². The smallest absolute Gasteiger partial charge is 0.203 e.